The predicted octanol–water partition coefficient (Wildman–Crippen LogP) is 10.6. The highest BCUT2D eigenvalue weighted by atomic mass is 16.3. The van der Waals surface area contributed by atoms with Crippen LogP contribution in [0.3, 0.4) is 0 Å². The molecule has 232 valence electrons. The molecule has 1 heterocycles. The van der Waals surface area contributed by atoms with Gasteiger partial charge in [0, 0.05) is 30.7 Å². The summed E-state index contributed by atoms with van der Waals surface area (Å²) in [5, 5.41) is 22.1. The lowest BCUT2D eigenvalue weighted by molar-refractivity contribution is 0.101. The summed E-state index contributed by atoms with van der Waals surface area (Å²) in [7, 11) is 0. The Morgan fingerprint density at radius 1 is 0.532 bits per heavy atom. The SMILES string of the molecule is Cc1ccc(C2N(Cc3c4ccccc4cc4ccccc34)C3CCCCC3N2Cc2c3ccccc3cc3ccccc23)c(O)c1. The lowest BCUT2D eigenvalue weighted by atomic mass is 9.89. The maximum atomic E-state index is 11.7. The van der Waals surface area contributed by atoms with Gasteiger partial charge in [-0.15, -0.1) is 0 Å². The molecular formula is C44H40N2O. The number of aromatic hydroxyl groups is 1. The first kappa shape index (κ1) is 28.5. The summed E-state index contributed by atoms with van der Waals surface area (Å²) in [5.74, 6) is 0.397. The van der Waals surface area contributed by atoms with E-state index in [4.69, 9.17) is 0 Å². The first-order valence-electron chi connectivity index (χ1n) is 17.2. The third-order valence-corrected chi connectivity index (χ3v) is 11.1. The molecule has 1 saturated heterocycles. The molecule has 2 unspecified atom stereocenters. The Morgan fingerprint density at radius 2 is 0.936 bits per heavy atom. The Hall–Kier alpha value is -4.70. The highest BCUT2D eigenvalue weighted by Crippen LogP contribution is 2.49. The molecule has 2 fully saturated rings. The molecule has 0 radical (unpaired) electrons. The van der Waals surface area contributed by atoms with Gasteiger partial charge in [0.1, 0.15) is 5.75 Å². The Morgan fingerprint density at radius 3 is 1.34 bits per heavy atom. The first-order chi connectivity index (χ1) is 23.1. The van der Waals surface area contributed by atoms with Crippen LogP contribution in [0, 0.1) is 6.92 Å². The summed E-state index contributed by atoms with van der Waals surface area (Å²) in [4.78, 5) is 5.52. The monoisotopic (exact) mass is 612 g/mol. The number of nitrogens with zero attached hydrogens (tertiary/aromatic N) is 2. The van der Waals surface area contributed by atoms with Gasteiger partial charge in [-0.2, -0.15) is 0 Å². The molecule has 9 rings (SSSR count). The van der Waals surface area contributed by atoms with Crippen molar-refractivity contribution in [3.05, 3.63) is 150 Å². The molecule has 1 saturated carbocycles. The highest BCUT2D eigenvalue weighted by molar-refractivity contribution is 6.03. The Labute approximate surface area is 276 Å². The lowest BCUT2D eigenvalue weighted by Crippen LogP contribution is -2.39. The van der Waals surface area contributed by atoms with Crippen molar-refractivity contribution in [1.82, 2.24) is 9.80 Å². The fourth-order valence-corrected chi connectivity index (χ4v) is 8.98. The predicted molar refractivity (Wildman–Crippen MR) is 196 cm³/mol. The van der Waals surface area contributed by atoms with Gasteiger partial charge in [-0.25, -0.2) is 0 Å². The zero-order chi connectivity index (χ0) is 31.5. The summed E-state index contributed by atoms with van der Waals surface area (Å²) >= 11 is 0. The van der Waals surface area contributed by atoms with Gasteiger partial charge in [-0.1, -0.05) is 122 Å². The Kier molecular flexibility index (Phi) is 6.99. The van der Waals surface area contributed by atoms with E-state index in [0.29, 0.717) is 17.8 Å². The van der Waals surface area contributed by atoms with Crippen molar-refractivity contribution < 1.29 is 5.11 Å². The van der Waals surface area contributed by atoms with Crippen LogP contribution in [0.4, 0.5) is 0 Å². The van der Waals surface area contributed by atoms with E-state index in [0.717, 1.165) is 24.2 Å². The second kappa shape index (κ2) is 11.5. The van der Waals surface area contributed by atoms with Crippen LogP contribution in [-0.2, 0) is 13.1 Å². The smallest absolute Gasteiger partial charge is 0.121 e. The zero-order valence-corrected chi connectivity index (χ0v) is 26.9. The van der Waals surface area contributed by atoms with Gasteiger partial charge in [0.15, 0.2) is 0 Å². The number of rotatable bonds is 5. The fourth-order valence-electron chi connectivity index (χ4n) is 8.98. The largest absolute Gasteiger partial charge is 0.508 e. The number of phenols is 1. The molecule has 1 aliphatic carbocycles. The van der Waals surface area contributed by atoms with E-state index in [2.05, 4.69) is 138 Å². The van der Waals surface area contributed by atoms with Crippen LogP contribution in [0.15, 0.2) is 127 Å². The number of benzene rings is 7. The van der Waals surface area contributed by atoms with Crippen LogP contribution >= 0.6 is 0 Å². The molecule has 1 N–H and O–H groups in total. The van der Waals surface area contributed by atoms with Crippen molar-refractivity contribution >= 4 is 43.1 Å². The van der Waals surface area contributed by atoms with Gasteiger partial charge in [-0.05, 0) is 97.7 Å². The van der Waals surface area contributed by atoms with Gasteiger partial charge in [-0.3, -0.25) is 9.80 Å². The van der Waals surface area contributed by atoms with E-state index in [1.54, 1.807) is 0 Å². The summed E-state index contributed by atoms with van der Waals surface area (Å²) in [5.41, 5.74) is 4.87. The van der Waals surface area contributed by atoms with E-state index in [1.807, 2.05) is 6.07 Å². The second-order valence-electron chi connectivity index (χ2n) is 13.8. The average Bonchev–Trinajstić information content (AvgIpc) is 3.40. The molecule has 47 heavy (non-hydrogen) atoms. The second-order valence-corrected chi connectivity index (χ2v) is 13.8. The van der Waals surface area contributed by atoms with Gasteiger partial charge >= 0.3 is 0 Å². The van der Waals surface area contributed by atoms with Crippen LogP contribution < -0.4 is 0 Å². The fraction of sp³-hybridized carbons (Fsp3) is 0.227. The van der Waals surface area contributed by atoms with E-state index < -0.39 is 0 Å². The number of hydrogen-bond donors (Lipinski definition) is 1. The first-order valence-corrected chi connectivity index (χ1v) is 17.2. The van der Waals surface area contributed by atoms with Crippen LogP contribution in [0.25, 0.3) is 43.1 Å². The van der Waals surface area contributed by atoms with Crippen molar-refractivity contribution in [2.45, 2.75) is 63.9 Å². The minimum atomic E-state index is -0.0563. The van der Waals surface area contributed by atoms with Gasteiger partial charge < -0.3 is 5.11 Å². The summed E-state index contributed by atoms with van der Waals surface area (Å²) in [6.45, 7) is 3.72. The van der Waals surface area contributed by atoms with Crippen LogP contribution in [0.1, 0.15) is 54.1 Å². The van der Waals surface area contributed by atoms with Crippen molar-refractivity contribution in [2.24, 2.45) is 0 Å². The maximum absolute atomic E-state index is 11.7. The Balaban J connectivity index is 1.25. The molecule has 7 aromatic carbocycles. The summed E-state index contributed by atoms with van der Waals surface area (Å²) in [6.07, 6.45) is 4.77. The maximum Gasteiger partial charge on any atom is 0.121 e. The quantitative estimate of drug-likeness (QED) is 0.196. The molecule has 0 bridgehead atoms. The van der Waals surface area contributed by atoms with Gasteiger partial charge in [0.25, 0.3) is 0 Å². The van der Waals surface area contributed by atoms with E-state index >= 15 is 0 Å². The summed E-state index contributed by atoms with van der Waals surface area (Å²) in [6, 6.07) is 47.3. The molecule has 3 heteroatoms. The van der Waals surface area contributed by atoms with Crippen LogP contribution in [-0.4, -0.2) is 27.0 Å². The third kappa shape index (κ3) is 4.80. The minimum Gasteiger partial charge on any atom is -0.508 e. The van der Waals surface area contributed by atoms with Gasteiger partial charge in [0.2, 0.25) is 0 Å². The molecule has 2 atom stereocenters. The number of hydrogen-bond acceptors (Lipinski definition) is 3. The van der Waals surface area contributed by atoms with E-state index in [-0.39, 0.29) is 6.17 Å². The van der Waals surface area contributed by atoms with E-state index in [1.165, 1.54) is 79.9 Å². The van der Waals surface area contributed by atoms with Crippen LogP contribution in [0.2, 0.25) is 0 Å². The molecule has 2 aliphatic rings. The third-order valence-electron chi connectivity index (χ3n) is 11.1. The lowest BCUT2D eigenvalue weighted by Gasteiger charge is -2.34. The molecule has 3 nitrogen and oxygen atoms in total. The molecule has 0 aromatic heterocycles. The van der Waals surface area contributed by atoms with Crippen molar-refractivity contribution in [2.75, 3.05) is 0 Å². The number of fused-ring (bicyclic) bond motifs is 5. The highest BCUT2D eigenvalue weighted by Gasteiger charge is 2.49. The summed E-state index contributed by atoms with van der Waals surface area (Å²) < 4.78 is 0. The normalized spacial score (nSPS) is 20.4. The molecule has 0 spiro atoms. The van der Waals surface area contributed by atoms with Crippen molar-refractivity contribution in [1.29, 1.82) is 0 Å². The number of phenolic OH excluding ortho intramolecular Hbond substituents is 1. The topological polar surface area (TPSA) is 26.7 Å². The number of aryl methyl sites for hydroxylation is 1. The Bertz CT molecular complexity index is 2040. The standard InChI is InChI=1S/C44H40N2O/c1-29-22-23-38(43(47)24-29)44-45(27-39-34-16-6-2-12-30(34)25-31-13-3-7-17-35(31)39)41-20-10-11-21-42(41)46(44)28-40-36-18-8-4-14-32(36)26-33-15-5-9-19-37(33)40/h2-9,12-19,22-26,41-42,44,47H,10-11,20-21,27-28H2,1H3. The molecule has 1 aliphatic heterocycles. The zero-order valence-electron chi connectivity index (χ0n) is 26.9. The van der Waals surface area contributed by atoms with Crippen molar-refractivity contribution in [3.8, 4) is 5.75 Å². The van der Waals surface area contributed by atoms with Gasteiger partial charge in [0.05, 0.1) is 6.17 Å². The molecule has 0 amide bonds. The van der Waals surface area contributed by atoms with E-state index in [9.17, 15) is 5.11 Å². The molecule has 7 aromatic rings. The average molecular weight is 613 g/mol. The van der Waals surface area contributed by atoms with Crippen LogP contribution in [0.5, 0.6) is 5.75 Å². The minimum absolute atomic E-state index is 0.0563. The van der Waals surface area contributed by atoms with Crippen molar-refractivity contribution in [3.63, 3.8) is 0 Å². The molecular weight excluding hydrogens is 572 g/mol.